The molecule has 0 aliphatic carbocycles. The van der Waals surface area contributed by atoms with Crippen LogP contribution < -0.4 is 0 Å². The molecular formula is C17H27NO2. The van der Waals surface area contributed by atoms with Crippen LogP contribution in [0.3, 0.4) is 0 Å². The molecule has 0 radical (unpaired) electrons. The monoisotopic (exact) mass is 277 g/mol. The number of aryl methyl sites for hydroxylation is 2. The zero-order valence-electron chi connectivity index (χ0n) is 12.8. The van der Waals surface area contributed by atoms with Gasteiger partial charge in [-0.2, -0.15) is 0 Å². The molecule has 2 unspecified atom stereocenters. The molecule has 0 saturated carbocycles. The average Bonchev–Trinajstić information content (AvgIpc) is 2.38. The first-order valence-corrected chi connectivity index (χ1v) is 7.62. The van der Waals surface area contributed by atoms with E-state index in [4.69, 9.17) is 0 Å². The number of hydrogen-bond donors (Lipinski definition) is 2. The Balaban J connectivity index is 1.90. The smallest absolute Gasteiger partial charge is 0.0917 e. The fraction of sp³-hybridized carbons (Fsp3) is 0.647. The number of piperidine rings is 1. The van der Waals surface area contributed by atoms with Crippen molar-refractivity contribution in [3.8, 4) is 0 Å². The van der Waals surface area contributed by atoms with Crippen molar-refractivity contribution < 1.29 is 10.2 Å². The molecule has 0 bridgehead atoms. The summed E-state index contributed by atoms with van der Waals surface area (Å²) >= 11 is 0. The van der Waals surface area contributed by atoms with Gasteiger partial charge in [0.1, 0.15) is 0 Å². The molecule has 2 rings (SSSR count). The Morgan fingerprint density at radius 1 is 1.10 bits per heavy atom. The first-order chi connectivity index (χ1) is 9.45. The third-order valence-corrected chi connectivity index (χ3v) is 4.37. The highest BCUT2D eigenvalue weighted by molar-refractivity contribution is 5.30. The maximum absolute atomic E-state index is 10.4. The van der Waals surface area contributed by atoms with Gasteiger partial charge in [0.05, 0.1) is 12.2 Å². The SMILES string of the molecule is Cc1cc(C)cc(C(O)CN2CCC(C(C)O)CC2)c1. The number of rotatable bonds is 4. The second-order valence-corrected chi connectivity index (χ2v) is 6.32. The van der Waals surface area contributed by atoms with E-state index in [1.54, 1.807) is 0 Å². The first-order valence-electron chi connectivity index (χ1n) is 7.62. The fourth-order valence-electron chi connectivity index (χ4n) is 3.17. The zero-order valence-corrected chi connectivity index (χ0v) is 12.8. The quantitative estimate of drug-likeness (QED) is 0.888. The van der Waals surface area contributed by atoms with Gasteiger partial charge in [0.2, 0.25) is 0 Å². The Morgan fingerprint density at radius 3 is 2.15 bits per heavy atom. The van der Waals surface area contributed by atoms with Crippen LogP contribution in [-0.2, 0) is 0 Å². The standard InChI is InChI=1S/C17H27NO2/c1-12-8-13(2)10-16(9-12)17(20)11-18-6-4-15(5-7-18)14(3)19/h8-10,14-15,17,19-20H,4-7,11H2,1-3H3. The number of β-amino-alcohol motifs (C(OH)–C–C–N with tert-alkyl or cyclic N) is 1. The Kier molecular flexibility index (Phi) is 5.19. The van der Waals surface area contributed by atoms with Gasteiger partial charge in [-0.05, 0) is 58.2 Å². The van der Waals surface area contributed by atoms with Crippen LogP contribution in [0.5, 0.6) is 0 Å². The molecular weight excluding hydrogens is 250 g/mol. The van der Waals surface area contributed by atoms with E-state index >= 15 is 0 Å². The van der Waals surface area contributed by atoms with Crippen LogP contribution in [0.25, 0.3) is 0 Å². The molecule has 3 heteroatoms. The molecule has 1 aliphatic heterocycles. The van der Waals surface area contributed by atoms with Crippen molar-refractivity contribution in [2.75, 3.05) is 19.6 Å². The van der Waals surface area contributed by atoms with Crippen LogP contribution in [0.4, 0.5) is 0 Å². The molecule has 0 amide bonds. The van der Waals surface area contributed by atoms with Gasteiger partial charge in [-0.3, -0.25) is 0 Å². The second-order valence-electron chi connectivity index (χ2n) is 6.32. The van der Waals surface area contributed by atoms with Crippen LogP contribution in [0, 0.1) is 19.8 Å². The van der Waals surface area contributed by atoms with Crippen molar-refractivity contribution in [3.05, 3.63) is 34.9 Å². The molecule has 1 aromatic carbocycles. The zero-order chi connectivity index (χ0) is 14.7. The van der Waals surface area contributed by atoms with Crippen LogP contribution >= 0.6 is 0 Å². The molecule has 1 aliphatic rings. The lowest BCUT2D eigenvalue weighted by atomic mass is 9.92. The van der Waals surface area contributed by atoms with Gasteiger partial charge in [-0.1, -0.05) is 29.3 Å². The maximum atomic E-state index is 10.4. The summed E-state index contributed by atoms with van der Waals surface area (Å²) in [5, 5.41) is 20.0. The van der Waals surface area contributed by atoms with E-state index in [0.717, 1.165) is 31.5 Å². The summed E-state index contributed by atoms with van der Waals surface area (Å²) in [5.41, 5.74) is 3.42. The van der Waals surface area contributed by atoms with E-state index in [1.165, 1.54) is 11.1 Å². The third-order valence-electron chi connectivity index (χ3n) is 4.37. The average molecular weight is 277 g/mol. The highest BCUT2D eigenvalue weighted by Crippen LogP contribution is 2.23. The molecule has 112 valence electrons. The lowest BCUT2D eigenvalue weighted by Crippen LogP contribution is -2.39. The van der Waals surface area contributed by atoms with Gasteiger partial charge in [0.25, 0.3) is 0 Å². The predicted octanol–water partition coefficient (Wildman–Crippen LogP) is 2.43. The van der Waals surface area contributed by atoms with Crippen molar-refractivity contribution in [2.24, 2.45) is 5.92 Å². The van der Waals surface area contributed by atoms with Gasteiger partial charge in [0.15, 0.2) is 0 Å². The van der Waals surface area contributed by atoms with Crippen LogP contribution in [0.15, 0.2) is 18.2 Å². The molecule has 1 heterocycles. The van der Waals surface area contributed by atoms with Gasteiger partial charge in [0, 0.05) is 6.54 Å². The maximum Gasteiger partial charge on any atom is 0.0917 e. The van der Waals surface area contributed by atoms with Crippen LogP contribution in [0.2, 0.25) is 0 Å². The molecule has 3 nitrogen and oxygen atoms in total. The Hall–Kier alpha value is -0.900. The highest BCUT2D eigenvalue weighted by atomic mass is 16.3. The molecule has 2 N–H and O–H groups in total. The molecule has 2 atom stereocenters. The van der Waals surface area contributed by atoms with Crippen molar-refractivity contribution in [2.45, 2.75) is 45.8 Å². The minimum atomic E-state index is -0.420. The number of aliphatic hydroxyl groups excluding tert-OH is 2. The van der Waals surface area contributed by atoms with Crippen molar-refractivity contribution in [1.29, 1.82) is 0 Å². The van der Waals surface area contributed by atoms with E-state index in [-0.39, 0.29) is 6.10 Å². The number of nitrogens with zero attached hydrogens (tertiary/aromatic N) is 1. The Bertz CT molecular complexity index is 416. The first kappa shape index (κ1) is 15.5. The number of hydrogen-bond acceptors (Lipinski definition) is 3. The summed E-state index contributed by atoms with van der Waals surface area (Å²) in [6, 6.07) is 6.27. The normalized spacial score (nSPS) is 20.9. The summed E-state index contributed by atoms with van der Waals surface area (Å²) in [6.07, 6.45) is 1.42. The van der Waals surface area contributed by atoms with Crippen LogP contribution in [-0.4, -0.2) is 40.9 Å². The van der Waals surface area contributed by atoms with E-state index < -0.39 is 6.10 Å². The summed E-state index contributed by atoms with van der Waals surface area (Å²) in [7, 11) is 0. The van der Waals surface area contributed by atoms with Gasteiger partial charge in [-0.15, -0.1) is 0 Å². The molecule has 1 saturated heterocycles. The third kappa shape index (κ3) is 4.05. The predicted molar refractivity (Wildman–Crippen MR) is 81.7 cm³/mol. The Labute approximate surface area is 122 Å². The van der Waals surface area contributed by atoms with E-state index in [9.17, 15) is 10.2 Å². The molecule has 1 fully saturated rings. The fourth-order valence-corrected chi connectivity index (χ4v) is 3.17. The second kappa shape index (κ2) is 6.70. The lowest BCUT2D eigenvalue weighted by molar-refractivity contribution is 0.0485. The number of likely N-dealkylation sites (tertiary alicyclic amines) is 1. The van der Waals surface area contributed by atoms with Crippen molar-refractivity contribution in [1.82, 2.24) is 4.90 Å². The highest BCUT2D eigenvalue weighted by Gasteiger charge is 2.24. The summed E-state index contributed by atoms with van der Waals surface area (Å²) in [4.78, 5) is 2.31. The number of aliphatic hydroxyl groups is 2. The van der Waals surface area contributed by atoms with Crippen LogP contribution in [0.1, 0.15) is 42.6 Å². The minimum Gasteiger partial charge on any atom is -0.393 e. The van der Waals surface area contributed by atoms with Gasteiger partial charge in [-0.25, -0.2) is 0 Å². The van der Waals surface area contributed by atoms with E-state index in [2.05, 4.69) is 36.9 Å². The van der Waals surface area contributed by atoms with Gasteiger partial charge >= 0.3 is 0 Å². The van der Waals surface area contributed by atoms with Gasteiger partial charge < -0.3 is 15.1 Å². The van der Waals surface area contributed by atoms with Crippen molar-refractivity contribution in [3.63, 3.8) is 0 Å². The molecule has 0 spiro atoms. The summed E-state index contributed by atoms with van der Waals surface area (Å²) < 4.78 is 0. The summed E-state index contributed by atoms with van der Waals surface area (Å²) in [5.74, 6) is 0.421. The Morgan fingerprint density at radius 2 is 1.65 bits per heavy atom. The van der Waals surface area contributed by atoms with Crippen molar-refractivity contribution >= 4 is 0 Å². The van der Waals surface area contributed by atoms with E-state index in [0.29, 0.717) is 12.5 Å². The topological polar surface area (TPSA) is 43.7 Å². The van der Waals surface area contributed by atoms with E-state index in [1.807, 2.05) is 6.92 Å². The minimum absolute atomic E-state index is 0.207. The molecule has 20 heavy (non-hydrogen) atoms. The number of benzene rings is 1. The largest absolute Gasteiger partial charge is 0.393 e. The lowest BCUT2D eigenvalue weighted by Gasteiger charge is -2.34. The molecule has 0 aromatic heterocycles. The summed E-state index contributed by atoms with van der Waals surface area (Å²) in [6.45, 7) is 8.64. The molecule has 1 aromatic rings.